The molecule has 242 valence electrons. The number of alkyl carbamates (subject to hydrolysis) is 1. The lowest BCUT2D eigenvalue weighted by Gasteiger charge is -2.39. The fourth-order valence-corrected chi connectivity index (χ4v) is 5.91. The minimum Gasteiger partial charge on any atom is -0.444 e. The van der Waals surface area contributed by atoms with Crippen molar-refractivity contribution < 1.29 is 31.8 Å². The highest BCUT2D eigenvalue weighted by Gasteiger charge is 2.36. The number of ether oxygens (including phenoxy) is 2. The molecule has 5 rings (SSSR count). The molecule has 2 aromatic heterocycles. The van der Waals surface area contributed by atoms with Gasteiger partial charge in [0, 0.05) is 51.4 Å². The lowest BCUT2D eigenvalue weighted by Crippen LogP contribution is -2.51. The number of halogens is 4. The van der Waals surface area contributed by atoms with E-state index in [2.05, 4.69) is 32.4 Å². The van der Waals surface area contributed by atoms with Gasteiger partial charge in [0.1, 0.15) is 34.4 Å². The fraction of sp³-hybridized carbons (Fsp3) is 0.485. The van der Waals surface area contributed by atoms with Crippen molar-refractivity contribution in [1.29, 1.82) is 0 Å². The van der Waals surface area contributed by atoms with E-state index in [1.165, 1.54) is 6.07 Å². The monoisotopic (exact) mass is 629 g/mol. The van der Waals surface area contributed by atoms with Crippen LogP contribution in [0.15, 0.2) is 42.7 Å². The summed E-state index contributed by atoms with van der Waals surface area (Å²) >= 11 is 0. The zero-order valence-corrected chi connectivity index (χ0v) is 25.9. The Morgan fingerprint density at radius 3 is 2.49 bits per heavy atom. The molecule has 12 heteroatoms. The van der Waals surface area contributed by atoms with Gasteiger partial charge in [-0.1, -0.05) is 6.92 Å². The summed E-state index contributed by atoms with van der Waals surface area (Å²) in [6.45, 7) is 9.22. The molecule has 2 atom stereocenters. The molecule has 2 N–H and O–H groups in total. The molecule has 2 unspecified atom stereocenters. The highest BCUT2D eigenvalue weighted by atomic mass is 19.1. The molecule has 0 bridgehead atoms. The SMILES string of the molecule is CC1CC(NC(=O)OC(C)(C)C)CN(c2ccncc2NCc2ccc(F)c(-c3c(F)cc(C4(F)CCOCC4)cc3F)n2)C1. The normalized spacial score (nSPS) is 20.0. The third kappa shape index (κ3) is 7.84. The second-order valence-corrected chi connectivity index (χ2v) is 12.9. The van der Waals surface area contributed by atoms with Crippen molar-refractivity contribution in [2.24, 2.45) is 5.92 Å². The van der Waals surface area contributed by atoms with E-state index < -0.39 is 46.1 Å². The number of rotatable bonds is 7. The molecular formula is C33H39F4N5O3. The summed E-state index contributed by atoms with van der Waals surface area (Å²) in [5.41, 5.74) is -1.98. The molecule has 2 aliphatic heterocycles. The van der Waals surface area contributed by atoms with Gasteiger partial charge in [-0.2, -0.15) is 0 Å². The van der Waals surface area contributed by atoms with Gasteiger partial charge < -0.3 is 25.0 Å². The van der Waals surface area contributed by atoms with Crippen LogP contribution in [0.25, 0.3) is 11.3 Å². The number of pyridine rings is 2. The summed E-state index contributed by atoms with van der Waals surface area (Å²) in [4.78, 5) is 23.0. The predicted octanol–water partition coefficient (Wildman–Crippen LogP) is 6.89. The van der Waals surface area contributed by atoms with Crippen LogP contribution in [0.4, 0.5) is 33.7 Å². The molecule has 0 aliphatic carbocycles. The molecule has 1 amide bonds. The number of piperidine rings is 1. The molecule has 2 saturated heterocycles. The summed E-state index contributed by atoms with van der Waals surface area (Å²) in [5.74, 6) is -2.81. The van der Waals surface area contributed by atoms with Gasteiger partial charge >= 0.3 is 6.09 Å². The van der Waals surface area contributed by atoms with E-state index in [-0.39, 0.29) is 50.1 Å². The fourth-order valence-electron chi connectivity index (χ4n) is 5.91. The van der Waals surface area contributed by atoms with E-state index in [1.54, 1.807) is 12.4 Å². The van der Waals surface area contributed by atoms with E-state index in [9.17, 15) is 9.18 Å². The maximum Gasteiger partial charge on any atom is 0.407 e. The molecule has 0 spiro atoms. The second-order valence-electron chi connectivity index (χ2n) is 12.9. The van der Waals surface area contributed by atoms with Gasteiger partial charge in [-0.3, -0.25) is 4.98 Å². The van der Waals surface area contributed by atoms with Gasteiger partial charge in [-0.15, -0.1) is 0 Å². The maximum atomic E-state index is 15.4. The zero-order chi connectivity index (χ0) is 32.4. The standard InChI is InChI=1S/C33H39F4N5O3/c1-20-13-23(41-31(43)45-32(2,3)4)19-42(18-20)28-7-10-38-17-27(28)39-16-22-5-6-24(34)30(40-22)29-25(35)14-21(15-26(29)36)33(37)8-11-44-12-9-33/h5-7,10,14-15,17,20,23,39H,8-9,11-13,16,18-19H2,1-4H3,(H,41,43). The Labute approximate surface area is 260 Å². The first kappa shape index (κ1) is 32.5. The molecule has 0 radical (unpaired) electrons. The van der Waals surface area contributed by atoms with Gasteiger partial charge in [0.25, 0.3) is 0 Å². The third-order valence-electron chi connectivity index (χ3n) is 7.96. The smallest absolute Gasteiger partial charge is 0.407 e. The lowest BCUT2D eigenvalue weighted by molar-refractivity contribution is -0.0117. The molecule has 8 nitrogen and oxygen atoms in total. The topological polar surface area (TPSA) is 88.6 Å². The number of alkyl halides is 1. The minimum atomic E-state index is -1.92. The number of carbonyl (C=O) groups excluding carboxylic acids is 1. The third-order valence-corrected chi connectivity index (χ3v) is 7.96. The van der Waals surface area contributed by atoms with E-state index in [1.807, 2.05) is 26.8 Å². The number of nitrogens with zero attached hydrogens (tertiary/aromatic N) is 3. The Bertz CT molecular complexity index is 1500. The van der Waals surface area contributed by atoms with Crippen LogP contribution in [0.5, 0.6) is 0 Å². The molecule has 2 aliphatic rings. The van der Waals surface area contributed by atoms with E-state index in [0.29, 0.717) is 17.9 Å². The number of carbonyl (C=O) groups is 1. The van der Waals surface area contributed by atoms with Crippen molar-refractivity contribution in [1.82, 2.24) is 15.3 Å². The quantitative estimate of drug-likeness (QED) is 0.275. The van der Waals surface area contributed by atoms with Gasteiger partial charge in [-0.25, -0.2) is 27.3 Å². The average molecular weight is 630 g/mol. The van der Waals surface area contributed by atoms with Crippen molar-refractivity contribution in [2.75, 3.05) is 36.5 Å². The summed E-state index contributed by atoms with van der Waals surface area (Å²) in [6, 6.07) is 6.08. The van der Waals surface area contributed by atoms with Gasteiger partial charge in [0.05, 0.1) is 35.4 Å². The van der Waals surface area contributed by atoms with Gasteiger partial charge in [-0.05, 0) is 69.0 Å². The summed E-state index contributed by atoms with van der Waals surface area (Å²) in [7, 11) is 0. The van der Waals surface area contributed by atoms with Crippen molar-refractivity contribution in [3.63, 3.8) is 0 Å². The molecule has 45 heavy (non-hydrogen) atoms. The van der Waals surface area contributed by atoms with Crippen molar-refractivity contribution in [2.45, 2.75) is 70.8 Å². The van der Waals surface area contributed by atoms with Crippen LogP contribution in [-0.4, -0.2) is 54.0 Å². The van der Waals surface area contributed by atoms with Crippen LogP contribution >= 0.6 is 0 Å². The number of hydrogen-bond donors (Lipinski definition) is 2. The first-order valence-electron chi connectivity index (χ1n) is 15.2. The Kier molecular flexibility index (Phi) is 9.52. The summed E-state index contributed by atoms with van der Waals surface area (Å²) < 4.78 is 71.4. The number of aromatic nitrogens is 2. The predicted molar refractivity (Wildman–Crippen MR) is 163 cm³/mol. The molecule has 3 aromatic rings. The molecule has 1 aromatic carbocycles. The summed E-state index contributed by atoms with van der Waals surface area (Å²) in [6.07, 6.45) is 3.60. The van der Waals surface area contributed by atoms with Crippen molar-refractivity contribution in [3.8, 4) is 11.3 Å². The first-order valence-corrected chi connectivity index (χ1v) is 15.2. The van der Waals surface area contributed by atoms with E-state index in [0.717, 1.165) is 36.9 Å². The molecule has 4 heterocycles. The molecule has 0 saturated carbocycles. The van der Waals surface area contributed by atoms with Crippen LogP contribution in [-0.2, 0) is 21.7 Å². The summed E-state index contributed by atoms with van der Waals surface area (Å²) in [5, 5.41) is 6.23. The Hall–Kier alpha value is -3.93. The largest absolute Gasteiger partial charge is 0.444 e. The highest BCUT2D eigenvalue weighted by molar-refractivity contribution is 5.71. The highest BCUT2D eigenvalue weighted by Crippen LogP contribution is 2.39. The molecular weight excluding hydrogens is 590 g/mol. The van der Waals surface area contributed by atoms with E-state index in [4.69, 9.17) is 9.47 Å². The van der Waals surface area contributed by atoms with Crippen LogP contribution in [0.2, 0.25) is 0 Å². The number of hydrogen-bond acceptors (Lipinski definition) is 7. The first-order chi connectivity index (χ1) is 21.3. The number of benzene rings is 1. The minimum absolute atomic E-state index is 0.0213. The van der Waals surface area contributed by atoms with Crippen LogP contribution in [0, 0.1) is 23.4 Å². The average Bonchev–Trinajstić information content (AvgIpc) is 2.96. The second kappa shape index (κ2) is 13.2. The van der Waals surface area contributed by atoms with E-state index >= 15 is 13.2 Å². The van der Waals surface area contributed by atoms with Crippen LogP contribution in [0.1, 0.15) is 58.2 Å². The Morgan fingerprint density at radius 2 is 1.80 bits per heavy atom. The zero-order valence-electron chi connectivity index (χ0n) is 25.9. The van der Waals surface area contributed by atoms with Crippen LogP contribution in [0.3, 0.4) is 0 Å². The van der Waals surface area contributed by atoms with Crippen molar-refractivity contribution >= 4 is 17.5 Å². The number of anilines is 2. The lowest BCUT2D eigenvalue weighted by atomic mass is 9.87. The Morgan fingerprint density at radius 1 is 1.09 bits per heavy atom. The van der Waals surface area contributed by atoms with Crippen LogP contribution < -0.4 is 15.5 Å². The Balaban J connectivity index is 1.32. The number of amides is 1. The maximum absolute atomic E-state index is 15.4. The van der Waals surface area contributed by atoms with Gasteiger partial charge in [0.2, 0.25) is 0 Å². The van der Waals surface area contributed by atoms with Gasteiger partial charge in [0.15, 0.2) is 0 Å². The van der Waals surface area contributed by atoms with Crippen molar-refractivity contribution in [3.05, 3.63) is 71.4 Å². The number of nitrogens with one attached hydrogen (secondary N) is 2. The molecule has 2 fully saturated rings.